The molecule has 2 aliphatic heterocycles. The van der Waals surface area contributed by atoms with E-state index in [2.05, 4.69) is 22.8 Å². The summed E-state index contributed by atoms with van der Waals surface area (Å²) < 4.78 is 5.23. The van der Waals surface area contributed by atoms with E-state index in [0.29, 0.717) is 23.8 Å². The first-order valence-electron chi connectivity index (χ1n) is 10.1. The van der Waals surface area contributed by atoms with Gasteiger partial charge in [-0.2, -0.15) is 0 Å². The number of carbonyl (C=O) groups is 3. The second-order valence-electron chi connectivity index (χ2n) is 8.34. The number of urea groups is 1. The third-order valence-corrected chi connectivity index (χ3v) is 6.71. The maximum atomic E-state index is 13.0. The van der Waals surface area contributed by atoms with Crippen molar-refractivity contribution in [3.63, 3.8) is 0 Å². The highest BCUT2D eigenvalue weighted by Gasteiger charge is 2.57. The van der Waals surface area contributed by atoms with Crippen LogP contribution in [0, 0.1) is 5.92 Å². The monoisotopic (exact) mass is 405 g/mol. The lowest BCUT2D eigenvalue weighted by Gasteiger charge is -2.46. The Bertz CT molecular complexity index is 1030. The molecule has 30 heavy (non-hydrogen) atoms. The minimum Gasteiger partial charge on any atom is -0.497 e. The summed E-state index contributed by atoms with van der Waals surface area (Å²) >= 11 is 0. The summed E-state index contributed by atoms with van der Waals surface area (Å²) in [5, 5.41) is 5.26. The normalized spacial score (nSPS) is 27.4. The number of nitrogens with one attached hydrogen (secondary N) is 2. The van der Waals surface area contributed by atoms with Crippen LogP contribution in [-0.4, -0.2) is 41.9 Å². The van der Waals surface area contributed by atoms with Gasteiger partial charge in [0, 0.05) is 12.1 Å². The van der Waals surface area contributed by atoms with Crippen molar-refractivity contribution in [2.75, 3.05) is 13.7 Å². The van der Waals surface area contributed by atoms with Gasteiger partial charge in [0.15, 0.2) is 0 Å². The Kier molecular flexibility index (Phi) is 4.27. The summed E-state index contributed by atoms with van der Waals surface area (Å²) in [7, 11) is 1.56. The van der Waals surface area contributed by atoms with E-state index in [1.807, 2.05) is 30.3 Å². The first-order chi connectivity index (χ1) is 14.5. The molecular weight excluding hydrogens is 382 g/mol. The summed E-state index contributed by atoms with van der Waals surface area (Å²) in [5.74, 6) is 0.464. The summed E-state index contributed by atoms with van der Waals surface area (Å²) in [4.78, 5) is 39.6. The van der Waals surface area contributed by atoms with Crippen molar-refractivity contribution in [3.05, 3.63) is 65.2 Å². The van der Waals surface area contributed by atoms with Gasteiger partial charge < -0.3 is 15.0 Å². The maximum absolute atomic E-state index is 13.0. The number of methoxy groups -OCH3 is 1. The Morgan fingerprint density at radius 2 is 1.87 bits per heavy atom. The van der Waals surface area contributed by atoms with Crippen LogP contribution in [0.5, 0.6) is 5.75 Å². The topological polar surface area (TPSA) is 87.7 Å². The number of hydrogen-bond donors (Lipinski definition) is 2. The van der Waals surface area contributed by atoms with E-state index in [9.17, 15) is 14.4 Å². The lowest BCUT2D eigenvalue weighted by molar-refractivity contribution is -0.128. The van der Waals surface area contributed by atoms with Gasteiger partial charge in [-0.3, -0.25) is 14.9 Å². The SMILES string of the molecule is COc1ccc2c(c1)C(=O)N(CC1([C@H]3C[C@H](c4ccccc4)C3)NC(=O)NC1=O)C2. The average molecular weight is 405 g/mol. The van der Waals surface area contributed by atoms with Crippen molar-refractivity contribution >= 4 is 17.8 Å². The second kappa shape index (κ2) is 6.86. The maximum Gasteiger partial charge on any atom is 0.322 e. The zero-order valence-electron chi connectivity index (χ0n) is 16.7. The molecule has 1 saturated carbocycles. The average Bonchev–Trinajstić information content (AvgIpc) is 3.17. The zero-order chi connectivity index (χ0) is 20.9. The smallest absolute Gasteiger partial charge is 0.322 e. The lowest BCUT2D eigenvalue weighted by atomic mass is 9.62. The van der Waals surface area contributed by atoms with E-state index in [1.54, 1.807) is 18.1 Å². The predicted octanol–water partition coefficient (Wildman–Crippen LogP) is 2.42. The molecule has 0 radical (unpaired) electrons. The van der Waals surface area contributed by atoms with Crippen LogP contribution < -0.4 is 15.4 Å². The summed E-state index contributed by atoms with van der Waals surface area (Å²) in [5.41, 5.74) is 1.64. The van der Waals surface area contributed by atoms with E-state index in [0.717, 1.165) is 18.4 Å². The van der Waals surface area contributed by atoms with Crippen molar-refractivity contribution in [2.45, 2.75) is 30.8 Å². The quantitative estimate of drug-likeness (QED) is 0.748. The number of nitrogens with zero attached hydrogens (tertiary/aromatic N) is 1. The molecule has 2 heterocycles. The minimum atomic E-state index is -1.09. The third kappa shape index (κ3) is 2.84. The molecule has 2 fully saturated rings. The molecule has 0 spiro atoms. The van der Waals surface area contributed by atoms with E-state index in [1.165, 1.54) is 5.56 Å². The Labute approximate surface area is 174 Å². The van der Waals surface area contributed by atoms with Crippen molar-refractivity contribution in [1.29, 1.82) is 0 Å². The van der Waals surface area contributed by atoms with Gasteiger partial charge in [0.1, 0.15) is 11.3 Å². The molecule has 2 N–H and O–H groups in total. The predicted molar refractivity (Wildman–Crippen MR) is 109 cm³/mol. The molecule has 4 amide bonds. The van der Waals surface area contributed by atoms with E-state index in [-0.39, 0.29) is 24.3 Å². The van der Waals surface area contributed by atoms with Crippen LogP contribution >= 0.6 is 0 Å². The Balaban J connectivity index is 1.38. The summed E-state index contributed by atoms with van der Waals surface area (Å²) in [6.45, 7) is 0.574. The van der Waals surface area contributed by atoms with E-state index >= 15 is 0 Å². The Morgan fingerprint density at radius 1 is 1.10 bits per heavy atom. The van der Waals surface area contributed by atoms with Gasteiger partial charge in [-0.25, -0.2) is 4.79 Å². The van der Waals surface area contributed by atoms with Gasteiger partial charge in [-0.15, -0.1) is 0 Å². The molecule has 3 aliphatic rings. The molecule has 154 valence electrons. The number of imide groups is 1. The minimum absolute atomic E-state index is 0.0276. The van der Waals surface area contributed by atoms with Crippen LogP contribution in [0.4, 0.5) is 4.79 Å². The molecule has 2 aromatic rings. The lowest BCUT2D eigenvalue weighted by Crippen LogP contribution is -2.62. The molecule has 2 aromatic carbocycles. The standard InChI is InChI=1S/C23H23N3O4/c1-30-18-8-7-15-12-26(20(27)19(15)11-18)13-23(21(28)24-22(29)25-23)17-9-16(10-17)14-5-3-2-4-6-14/h2-8,11,16-17H,9-10,12-13H2,1H3,(H2,24,25,28,29)/t16-,17-,23?. The van der Waals surface area contributed by atoms with Gasteiger partial charge in [0.2, 0.25) is 0 Å². The van der Waals surface area contributed by atoms with Crippen molar-refractivity contribution < 1.29 is 19.1 Å². The van der Waals surface area contributed by atoms with Crippen molar-refractivity contribution in [2.24, 2.45) is 5.92 Å². The molecule has 1 atom stereocenters. The third-order valence-electron chi connectivity index (χ3n) is 6.71. The van der Waals surface area contributed by atoms with Crippen LogP contribution in [0.3, 0.4) is 0 Å². The molecule has 1 unspecified atom stereocenters. The van der Waals surface area contributed by atoms with Crippen LogP contribution in [0.1, 0.15) is 40.2 Å². The number of amides is 4. The van der Waals surface area contributed by atoms with Gasteiger partial charge in [-0.1, -0.05) is 36.4 Å². The fourth-order valence-electron chi connectivity index (χ4n) is 4.95. The number of hydrogen-bond acceptors (Lipinski definition) is 4. The number of rotatable bonds is 5. The highest BCUT2D eigenvalue weighted by Crippen LogP contribution is 2.48. The highest BCUT2D eigenvalue weighted by atomic mass is 16.5. The molecule has 0 aromatic heterocycles. The molecule has 7 heteroatoms. The van der Waals surface area contributed by atoms with Crippen LogP contribution in [0.15, 0.2) is 48.5 Å². The fourth-order valence-corrected chi connectivity index (χ4v) is 4.95. The van der Waals surface area contributed by atoms with Gasteiger partial charge in [-0.05, 0) is 47.9 Å². The van der Waals surface area contributed by atoms with Gasteiger partial charge in [0.25, 0.3) is 11.8 Å². The Hall–Kier alpha value is -3.35. The molecular formula is C23H23N3O4. The highest BCUT2D eigenvalue weighted by molar-refractivity contribution is 6.08. The largest absolute Gasteiger partial charge is 0.497 e. The van der Waals surface area contributed by atoms with E-state index in [4.69, 9.17) is 4.74 Å². The fraction of sp³-hybridized carbons (Fsp3) is 0.348. The summed E-state index contributed by atoms with van der Waals surface area (Å²) in [6.07, 6.45) is 1.58. The molecule has 5 rings (SSSR count). The second-order valence-corrected chi connectivity index (χ2v) is 8.34. The van der Waals surface area contributed by atoms with E-state index < -0.39 is 11.6 Å². The molecule has 7 nitrogen and oxygen atoms in total. The number of fused-ring (bicyclic) bond motifs is 1. The van der Waals surface area contributed by atoms with Gasteiger partial charge in [0.05, 0.1) is 13.7 Å². The van der Waals surface area contributed by atoms with Crippen molar-refractivity contribution in [1.82, 2.24) is 15.5 Å². The molecule has 0 bridgehead atoms. The van der Waals surface area contributed by atoms with Crippen molar-refractivity contribution in [3.8, 4) is 5.75 Å². The number of ether oxygens (including phenoxy) is 1. The van der Waals surface area contributed by atoms with Crippen LogP contribution in [0.25, 0.3) is 0 Å². The summed E-state index contributed by atoms with van der Waals surface area (Å²) in [6, 6.07) is 15.1. The number of benzene rings is 2. The molecule has 1 saturated heterocycles. The first-order valence-corrected chi connectivity index (χ1v) is 10.1. The number of carbonyl (C=O) groups excluding carboxylic acids is 3. The van der Waals surface area contributed by atoms with Crippen LogP contribution in [-0.2, 0) is 11.3 Å². The van der Waals surface area contributed by atoms with Gasteiger partial charge >= 0.3 is 6.03 Å². The van der Waals surface area contributed by atoms with Crippen LogP contribution in [0.2, 0.25) is 0 Å². The zero-order valence-corrected chi connectivity index (χ0v) is 16.7. The molecule has 1 aliphatic carbocycles. The first kappa shape index (κ1) is 18.7. The Morgan fingerprint density at radius 3 is 2.53 bits per heavy atom.